The number of rotatable bonds is 0. The fourth-order valence-electron chi connectivity index (χ4n) is 1.48. The second-order valence-electron chi connectivity index (χ2n) is 2.97. The van der Waals surface area contributed by atoms with E-state index >= 15 is 0 Å². The molecule has 2 rings (SSSR count). The van der Waals surface area contributed by atoms with E-state index in [1.807, 2.05) is 40.7 Å². The van der Waals surface area contributed by atoms with E-state index < -0.39 is 0 Å². The van der Waals surface area contributed by atoms with Crippen LogP contribution in [0.3, 0.4) is 0 Å². The Hall–Kier alpha value is -0.900. The number of hydrogen-bond acceptors (Lipinski definition) is 1. The summed E-state index contributed by atoms with van der Waals surface area (Å²) < 4.78 is 15.6. The van der Waals surface area contributed by atoms with E-state index in [2.05, 4.69) is 21.0 Å². The molecule has 0 saturated carbocycles. The normalized spacial score (nSPS) is 9.18. The summed E-state index contributed by atoms with van der Waals surface area (Å²) >= 11 is 3.14. The molecule has 96 valence electrons. The third-order valence-electron chi connectivity index (χ3n) is 2.08. The van der Waals surface area contributed by atoms with Crippen LogP contribution in [-0.2, 0) is 7.05 Å². The molecule has 1 aromatic carbocycles. The molecule has 0 aliphatic rings. The van der Waals surface area contributed by atoms with Gasteiger partial charge in [0.15, 0.2) is 5.82 Å². The van der Waals surface area contributed by atoms with Gasteiger partial charge in [-0.05, 0) is 35.0 Å². The summed E-state index contributed by atoms with van der Waals surface area (Å²) in [6.07, 6.45) is 0. The van der Waals surface area contributed by atoms with E-state index in [-0.39, 0.29) is 5.82 Å². The Morgan fingerprint density at radius 3 is 2.24 bits per heavy atom. The molecule has 0 bridgehead atoms. The molecule has 2 aromatic rings. The van der Waals surface area contributed by atoms with Crippen molar-refractivity contribution in [3.8, 4) is 0 Å². The Balaban J connectivity index is 0.000000581. The van der Waals surface area contributed by atoms with Crippen molar-refractivity contribution in [3.05, 3.63) is 28.1 Å². The number of aromatic nitrogens is 2. The SMILES string of the molecule is CC.CC.Cc1nn(C)c2c(F)c(Br)ccc12. The van der Waals surface area contributed by atoms with Gasteiger partial charge in [-0.1, -0.05) is 27.7 Å². The van der Waals surface area contributed by atoms with Crippen LogP contribution in [0, 0.1) is 12.7 Å². The van der Waals surface area contributed by atoms with Crippen molar-refractivity contribution >= 4 is 26.8 Å². The van der Waals surface area contributed by atoms with Crippen molar-refractivity contribution in [2.75, 3.05) is 0 Å². The summed E-state index contributed by atoms with van der Waals surface area (Å²) in [7, 11) is 1.74. The van der Waals surface area contributed by atoms with Gasteiger partial charge in [0, 0.05) is 12.4 Å². The van der Waals surface area contributed by atoms with Gasteiger partial charge >= 0.3 is 0 Å². The monoisotopic (exact) mass is 302 g/mol. The molecule has 0 aliphatic heterocycles. The lowest BCUT2D eigenvalue weighted by Crippen LogP contribution is -1.92. The van der Waals surface area contributed by atoms with E-state index in [4.69, 9.17) is 0 Å². The molecule has 0 aliphatic carbocycles. The highest BCUT2D eigenvalue weighted by Gasteiger charge is 2.11. The van der Waals surface area contributed by atoms with Crippen LogP contribution in [0.15, 0.2) is 16.6 Å². The fraction of sp³-hybridized carbons (Fsp3) is 0.462. The first-order valence-corrected chi connectivity index (χ1v) is 6.68. The van der Waals surface area contributed by atoms with E-state index in [0.717, 1.165) is 11.1 Å². The van der Waals surface area contributed by atoms with Gasteiger partial charge in [-0.3, -0.25) is 4.68 Å². The molecule has 1 aromatic heterocycles. The Morgan fingerprint density at radius 2 is 1.71 bits per heavy atom. The molecule has 0 amide bonds. The van der Waals surface area contributed by atoms with Gasteiger partial charge in [0.2, 0.25) is 0 Å². The largest absolute Gasteiger partial charge is 0.265 e. The van der Waals surface area contributed by atoms with Crippen molar-refractivity contribution in [3.63, 3.8) is 0 Å². The van der Waals surface area contributed by atoms with E-state index in [1.54, 1.807) is 17.8 Å². The zero-order chi connectivity index (χ0) is 13.6. The molecule has 0 radical (unpaired) electrons. The fourth-order valence-corrected chi connectivity index (χ4v) is 1.80. The highest BCUT2D eigenvalue weighted by atomic mass is 79.9. The van der Waals surface area contributed by atoms with Crippen LogP contribution in [0.25, 0.3) is 10.9 Å². The Kier molecular flexibility index (Phi) is 7.04. The van der Waals surface area contributed by atoms with E-state index in [9.17, 15) is 4.39 Å². The van der Waals surface area contributed by atoms with Crippen LogP contribution in [0.1, 0.15) is 33.4 Å². The second-order valence-corrected chi connectivity index (χ2v) is 3.82. The maximum atomic E-state index is 13.6. The second kappa shape index (κ2) is 7.43. The van der Waals surface area contributed by atoms with Gasteiger partial charge in [0.1, 0.15) is 5.52 Å². The quantitative estimate of drug-likeness (QED) is 0.681. The number of nitrogens with zero attached hydrogens (tertiary/aromatic N) is 2. The summed E-state index contributed by atoms with van der Waals surface area (Å²) in [4.78, 5) is 0. The van der Waals surface area contributed by atoms with E-state index in [0.29, 0.717) is 9.99 Å². The summed E-state index contributed by atoms with van der Waals surface area (Å²) in [5, 5.41) is 5.01. The highest BCUT2D eigenvalue weighted by molar-refractivity contribution is 9.10. The first kappa shape index (κ1) is 16.1. The van der Waals surface area contributed by atoms with Crippen molar-refractivity contribution in [1.82, 2.24) is 9.78 Å². The molecule has 2 nitrogen and oxygen atoms in total. The third-order valence-corrected chi connectivity index (χ3v) is 2.69. The molecule has 0 N–H and O–H groups in total. The molecule has 0 unspecified atom stereocenters. The van der Waals surface area contributed by atoms with Gasteiger partial charge in [-0.15, -0.1) is 0 Å². The van der Waals surface area contributed by atoms with E-state index in [1.165, 1.54) is 0 Å². The van der Waals surface area contributed by atoms with Crippen LogP contribution >= 0.6 is 15.9 Å². The third kappa shape index (κ3) is 3.28. The standard InChI is InChI=1S/C9H8BrFN2.2C2H6/c1-5-6-3-4-7(10)8(11)9(6)13(2)12-5;2*1-2/h3-4H,1-2H3;2*1-2H3. The van der Waals surface area contributed by atoms with Crippen molar-refractivity contribution in [2.45, 2.75) is 34.6 Å². The molecular weight excluding hydrogens is 283 g/mol. The van der Waals surface area contributed by atoms with Crippen molar-refractivity contribution < 1.29 is 4.39 Å². The first-order valence-electron chi connectivity index (χ1n) is 5.88. The summed E-state index contributed by atoms with van der Waals surface area (Å²) in [6.45, 7) is 9.87. The molecule has 0 spiro atoms. The van der Waals surface area contributed by atoms with Crippen molar-refractivity contribution in [2.24, 2.45) is 7.05 Å². The number of fused-ring (bicyclic) bond motifs is 1. The van der Waals surface area contributed by atoms with Gasteiger partial charge < -0.3 is 0 Å². The topological polar surface area (TPSA) is 17.8 Å². The van der Waals surface area contributed by atoms with Gasteiger partial charge in [0.25, 0.3) is 0 Å². The lowest BCUT2D eigenvalue weighted by atomic mass is 10.2. The number of aryl methyl sites for hydroxylation is 2. The molecule has 0 fully saturated rings. The van der Waals surface area contributed by atoms with Gasteiger partial charge in [-0.2, -0.15) is 5.10 Å². The smallest absolute Gasteiger partial charge is 0.163 e. The highest BCUT2D eigenvalue weighted by Crippen LogP contribution is 2.26. The van der Waals surface area contributed by atoms with Crippen LogP contribution in [0.2, 0.25) is 0 Å². The maximum Gasteiger partial charge on any atom is 0.163 e. The minimum atomic E-state index is -0.249. The first-order chi connectivity index (χ1) is 8.11. The van der Waals surface area contributed by atoms with Crippen LogP contribution in [-0.4, -0.2) is 9.78 Å². The molecule has 1 heterocycles. The van der Waals surface area contributed by atoms with Gasteiger partial charge in [0.05, 0.1) is 10.2 Å². The average Bonchev–Trinajstić information content (AvgIpc) is 2.65. The van der Waals surface area contributed by atoms with Gasteiger partial charge in [-0.25, -0.2) is 4.39 Å². The lowest BCUT2D eigenvalue weighted by molar-refractivity contribution is 0.619. The summed E-state index contributed by atoms with van der Waals surface area (Å²) in [6, 6.07) is 3.57. The zero-order valence-corrected chi connectivity index (χ0v) is 12.9. The lowest BCUT2D eigenvalue weighted by Gasteiger charge is -1.97. The Labute approximate surface area is 111 Å². The number of benzene rings is 1. The predicted octanol–water partition coefficient (Wildman–Crippen LogP) is 4.84. The molecule has 4 heteroatoms. The van der Waals surface area contributed by atoms with Crippen molar-refractivity contribution in [1.29, 1.82) is 0 Å². The Bertz CT molecular complexity index is 478. The molecular formula is C13H20BrFN2. The maximum absolute atomic E-state index is 13.6. The van der Waals surface area contributed by atoms with Crippen LogP contribution in [0.5, 0.6) is 0 Å². The molecule has 0 atom stereocenters. The minimum Gasteiger partial charge on any atom is -0.265 e. The zero-order valence-electron chi connectivity index (χ0n) is 11.3. The summed E-state index contributed by atoms with van der Waals surface area (Å²) in [5.41, 5.74) is 1.40. The minimum absolute atomic E-state index is 0.249. The number of halogens is 2. The molecule has 0 saturated heterocycles. The van der Waals surface area contributed by atoms with Crippen LogP contribution in [0.4, 0.5) is 4.39 Å². The van der Waals surface area contributed by atoms with Crippen LogP contribution < -0.4 is 0 Å². The Morgan fingerprint density at radius 1 is 1.18 bits per heavy atom. The average molecular weight is 303 g/mol. The predicted molar refractivity (Wildman–Crippen MR) is 75.8 cm³/mol. The number of hydrogen-bond donors (Lipinski definition) is 0. The molecule has 17 heavy (non-hydrogen) atoms. The summed E-state index contributed by atoms with van der Waals surface area (Å²) in [5.74, 6) is -0.249.